The highest BCUT2D eigenvalue weighted by Gasteiger charge is 2.29. The molecule has 0 radical (unpaired) electrons. The van der Waals surface area contributed by atoms with Crippen molar-refractivity contribution in [2.24, 2.45) is 16.5 Å². The van der Waals surface area contributed by atoms with E-state index in [-0.39, 0.29) is 0 Å². The number of nitrogens with zero attached hydrogens (tertiary/aromatic N) is 1. The van der Waals surface area contributed by atoms with Crippen LogP contribution >= 0.6 is 0 Å². The number of aliphatic carboxylic acids is 1. The first-order valence-electron chi connectivity index (χ1n) is 5.24. The summed E-state index contributed by atoms with van der Waals surface area (Å²) in [6.45, 7) is 5.61. The van der Waals surface area contributed by atoms with Crippen molar-refractivity contribution < 1.29 is 9.90 Å². The molecule has 0 fully saturated rings. The Morgan fingerprint density at radius 1 is 1.50 bits per heavy atom. The Balaban J connectivity index is 4.15. The molecule has 0 saturated carbocycles. The quantitative estimate of drug-likeness (QED) is 0.271. The van der Waals surface area contributed by atoms with Gasteiger partial charge in [-0.2, -0.15) is 0 Å². The smallest absolute Gasteiger partial charge is 0.327 e. The van der Waals surface area contributed by atoms with Gasteiger partial charge in [0.25, 0.3) is 0 Å². The zero-order valence-corrected chi connectivity index (χ0v) is 10.2. The molecule has 0 aromatic carbocycles. The molecule has 0 heterocycles. The number of nitrogens with two attached hydrogens (primary N) is 2. The van der Waals surface area contributed by atoms with E-state index in [1.54, 1.807) is 13.8 Å². The Kier molecular flexibility index (Phi) is 5.74. The highest BCUT2D eigenvalue weighted by Crippen LogP contribution is 2.14. The first-order valence-corrected chi connectivity index (χ1v) is 5.24. The minimum atomic E-state index is -1.28. The number of carboxylic acid groups (broad SMARTS) is 1. The van der Waals surface area contributed by atoms with Crippen molar-refractivity contribution in [2.45, 2.75) is 39.2 Å². The Bertz CT molecular complexity index is 302. The second-order valence-corrected chi connectivity index (χ2v) is 4.06. The van der Waals surface area contributed by atoms with Crippen molar-refractivity contribution >= 4 is 11.8 Å². The van der Waals surface area contributed by atoms with Gasteiger partial charge < -0.3 is 16.6 Å². The third-order valence-corrected chi connectivity index (χ3v) is 2.44. The molecule has 0 aromatic heterocycles. The molecular weight excluding hydrogens is 206 g/mol. The van der Waals surface area contributed by atoms with Gasteiger partial charge in [-0.05, 0) is 39.2 Å². The molecule has 0 aliphatic carbocycles. The number of allylic oxidation sites excluding steroid dienone is 1. The van der Waals surface area contributed by atoms with Crippen molar-refractivity contribution in [3.8, 4) is 0 Å². The van der Waals surface area contributed by atoms with E-state index >= 15 is 0 Å². The molecule has 0 rings (SSSR count). The van der Waals surface area contributed by atoms with Crippen LogP contribution in [-0.2, 0) is 4.79 Å². The molecule has 0 amide bonds. The summed E-state index contributed by atoms with van der Waals surface area (Å²) in [7, 11) is 0. The van der Waals surface area contributed by atoms with Crippen molar-refractivity contribution in [3.05, 3.63) is 11.6 Å². The maximum absolute atomic E-state index is 10.8. The topological polar surface area (TPSA) is 102 Å². The highest BCUT2D eigenvalue weighted by atomic mass is 16.4. The SMILES string of the molecule is CC(N)=NCCC/C=C(/C)C(C)(N)C(=O)O. The molecule has 1 unspecified atom stereocenters. The van der Waals surface area contributed by atoms with Gasteiger partial charge in [-0.15, -0.1) is 0 Å². The number of hydrogen-bond acceptors (Lipinski definition) is 3. The second kappa shape index (κ2) is 6.27. The predicted molar refractivity (Wildman–Crippen MR) is 65.4 cm³/mol. The molecule has 92 valence electrons. The zero-order chi connectivity index (χ0) is 12.8. The van der Waals surface area contributed by atoms with Gasteiger partial charge in [-0.1, -0.05) is 6.08 Å². The second-order valence-electron chi connectivity index (χ2n) is 4.06. The van der Waals surface area contributed by atoms with E-state index in [0.717, 1.165) is 12.8 Å². The first-order chi connectivity index (χ1) is 7.28. The lowest BCUT2D eigenvalue weighted by Gasteiger charge is -2.20. The number of aliphatic imine (C=N–C) groups is 1. The fourth-order valence-electron chi connectivity index (χ4n) is 1.05. The normalized spacial score (nSPS) is 17.0. The average Bonchev–Trinajstić information content (AvgIpc) is 2.16. The third-order valence-electron chi connectivity index (χ3n) is 2.44. The van der Waals surface area contributed by atoms with Gasteiger partial charge in [-0.25, -0.2) is 4.79 Å². The van der Waals surface area contributed by atoms with Crippen LogP contribution in [0.5, 0.6) is 0 Å². The Morgan fingerprint density at radius 2 is 2.06 bits per heavy atom. The van der Waals surface area contributed by atoms with Gasteiger partial charge in [-0.3, -0.25) is 4.99 Å². The van der Waals surface area contributed by atoms with Gasteiger partial charge in [0, 0.05) is 6.54 Å². The average molecular weight is 227 g/mol. The number of unbranched alkanes of at least 4 members (excludes halogenated alkanes) is 1. The molecule has 0 spiro atoms. The van der Waals surface area contributed by atoms with Gasteiger partial charge in [0.2, 0.25) is 0 Å². The lowest BCUT2D eigenvalue weighted by Crippen LogP contribution is -2.45. The van der Waals surface area contributed by atoms with Crippen molar-refractivity contribution in [1.29, 1.82) is 0 Å². The summed E-state index contributed by atoms with van der Waals surface area (Å²) in [4.78, 5) is 14.9. The standard InChI is InChI=1S/C11H21N3O2/c1-8(11(3,13)10(15)16)6-4-5-7-14-9(2)12/h6H,4-5,7,13H2,1-3H3,(H2,12,14)(H,15,16)/b8-6-. The Morgan fingerprint density at radius 3 is 2.50 bits per heavy atom. The van der Waals surface area contributed by atoms with E-state index in [2.05, 4.69) is 4.99 Å². The summed E-state index contributed by atoms with van der Waals surface area (Å²) in [5, 5.41) is 8.88. The molecule has 16 heavy (non-hydrogen) atoms. The van der Waals surface area contributed by atoms with Crippen molar-refractivity contribution in [1.82, 2.24) is 0 Å². The molecule has 5 nitrogen and oxygen atoms in total. The fraction of sp³-hybridized carbons (Fsp3) is 0.636. The van der Waals surface area contributed by atoms with Crippen LogP contribution in [-0.4, -0.2) is 29.0 Å². The summed E-state index contributed by atoms with van der Waals surface area (Å²) in [5.74, 6) is -0.452. The molecule has 0 aliphatic heterocycles. The van der Waals surface area contributed by atoms with Crippen LogP contribution in [0, 0.1) is 0 Å². The molecule has 5 N–H and O–H groups in total. The van der Waals surface area contributed by atoms with Gasteiger partial charge >= 0.3 is 5.97 Å². The first kappa shape index (κ1) is 14.6. The van der Waals surface area contributed by atoms with Gasteiger partial charge in [0.05, 0.1) is 5.84 Å². The number of hydrogen-bond donors (Lipinski definition) is 3. The summed E-state index contributed by atoms with van der Waals surface area (Å²) in [6, 6.07) is 0. The molecule has 0 aromatic rings. The number of carboxylic acids is 1. The number of rotatable bonds is 6. The van der Waals surface area contributed by atoms with Crippen LogP contribution in [0.1, 0.15) is 33.6 Å². The highest BCUT2D eigenvalue weighted by molar-refractivity contribution is 5.82. The van der Waals surface area contributed by atoms with E-state index < -0.39 is 11.5 Å². The molecule has 0 aliphatic rings. The number of amidine groups is 1. The molecule has 5 heteroatoms. The van der Waals surface area contributed by atoms with Crippen LogP contribution in [0.25, 0.3) is 0 Å². The summed E-state index contributed by atoms with van der Waals surface area (Å²) >= 11 is 0. The molecule has 0 bridgehead atoms. The van der Waals surface area contributed by atoms with Crippen LogP contribution in [0.3, 0.4) is 0 Å². The Labute approximate surface area is 96.2 Å². The summed E-state index contributed by atoms with van der Waals surface area (Å²) < 4.78 is 0. The Hall–Kier alpha value is -1.36. The lowest BCUT2D eigenvalue weighted by atomic mass is 9.93. The van der Waals surface area contributed by atoms with Crippen LogP contribution in [0.2, 0.25) is 0 Å². The van der Waals surface area contributed by atoms with Crippen LogP contribution in [0.4, 0.5) is 0 Å². The minimum absolute atomic E-state index is 0.565. The van der Waals surface area contributed by atoms with E-state index in [1.165, 1.54) is 6.92 Å². The molecule has 1 atom stereocenters. The molecule has 0 saturated heterocycles. The maximum atomic E-state index is 10.8. The van der Waals surface area contributed by atoms with E-state index in [1.807, 2.05) is 6.08 Å². The van der Waals surface area contributed by atoms with Crippen molar-refractivity contribution in [3.63, 3.8) is 0 Å². The van der Waals surface area contributed by atoms with E-state index in [9.17, 15) is 4.79 Å². The lowest BCUT2D eigenvalue weighted by molar-refractivity contribution is -0.141. The predicted octanol–water partition coefficient (Wildman–Crippen LogP) is 0.892. The largest absolute Gasteiger partial charge is 0.480 e. The summed E-state index contributed by atoms with van der Waals surface area (Å²) in [5.41, 5.74) is 10.4. The van der Waals surface area contributed by atoms with Crippen LogP contribution in [0.15, 0.2) is 16.6 Å². The maximum Gasteiger partial charge on any atom is 0.327 e. The van der Waals surface area contributed by atoms with Crippen molar-refractivity contribution in [2.75, 3.05) is 6.54 Å². The zero-order valence-electron chi connectivity index (χ0n) is 10.2. The van der Waals surface area contributed by atoms with E-state index in [0.29, 0.717) is 18.0 Å². The monoisotopic (exact) mass is 227 g/mol. The van der Waals surface area contributed by atoms with E-state index in [4.69, 9.17) is 16.6 Å². The minimum Gasteiger partial charge on any atom is -0.480 e. The number of carbonyl (C=O) groups is 1. The fourth-order valence-corrected chi connectivity index (χ4v) is 1.05. The van der Waals surface area contributed by atoms with Gasteiger partial charge in [0.1, 0.15) is 5.54 Å². The molecular formula is C11H21N3O2. The third kappa shape index (κ3) is 4.93. The van der Waals surface area contributed by atoms with Gasteiger partial charge in [0.15, 0.2) is 0 Å². The summed E-state index contributed by atoms with van der Waals surface area (Å²) in [6.07, 6.45) is 3.43. The van der Waals surface area contributed by atoms with Crippen LogP contribution < -0.4 is 11.5 Å².